The minimum absolute atomic E-state index is 0. The lowest BCUT2D eigenvalue weighted by molar-refractivity contribution is -0.141. The maximum Gasteiger partial charge on any atom is 0.435 e. The first kappa shape index (κ1) is 17.3. The number of alkyl halides is 3. The summed E-state index contributed by atoms with van der Waals surface area (Å²) >= 11 is 0. The Morgan fingerprint density at radius 1 is 1.55 bits per heavy atom. The highest BCUT2D eigenvalue weighted by atomic mass is 35.5. The first-order valence-corrected chi connectivity index (χ1v) is 6.45. The molecule has 0 spiro atoms. The summed E-state index contributed by atoms with van der Waals surface area (Å²) < 4.78 is 37.3. The number of nitrogens with zero attached hydrogens (tertiary/aromatic N) is 2. The number of likely N-dealkylation sites (tertiary alicyclic amines) is 1. The molecule has 2 atom stereocenters. The van der Waals surface area contributed by atoms with Gasteiger partial charge in [-0.1, -0.05) is 0 Å². The number of aromatic amines is 1. The fourth-order valence-electron chi connectivity index (χ4n) is 2.49. The van der Waals surface area contributed by atoms with Gasteiger partial charge in [0.2, 0.25) is 0 Å². The van der Waals surface area contributed by atoms with E-state index in [1.165, 1.54) is 0 Å². The summed E-state index contributed by atoms with van der Waals surface area (Å²) in [4.78, 5) is 2.13. The molecule has 8 heteroatoms. The van der Waals surface area contributed by atoms with Crippen LogP contribution in [0.1, 0.15) is 31.2 Å². The second-order valence-corrected chi connectivity index (χ2v) is 5.27. The fourth-order valence-corrected chi connectivity index (χ4v) is 2.49. The molecule has 2 unspecified atom stereocenters. The van der Waals surface area contributed by atoms with E-state index in [1.54, 1.807) is 0 Å². The predicted molar refractivity (Wildman–Crippen MR) is 72.5 cm³/mol. The highest BCUT2D eigenvalue weighted by Crippen LogP contribution is 2.28. The van der Waals surface area contributed by atoms with E-state index in [2.05, 4.69) is 15.1 Å². The summed E-state index contributed by atoms with van der Waals surface area (Å²) in [5, 5.41) is 5.77. The van der Waals surface area contributed by atoms with Gasteiger partial charge in [0.05, 0.1) is 0 Å². The van der Waals surface area contributed by atoms with Gasteiger partial charge >= 0.3 is 6.18 Å². The van der Waals surface area contributed by atoms with Crippen LogP contribution in [0.4, 0.5) is 13.2 Å². The van der Waals surface area contributed by atoms with E-state index in [9.17, 15) is 13.2 Å². The standard InChI is InChI=1S/C12H19F3N4.ClH/c1-8(16)9-3-2-4-19(6-9)7-10-5-11(18-17-10)12(13,14)15;/h5,8-9H,2-4,6-7,16H2,1H3,(H,17,18);1H. The summed E-state index contributed by atoms with van der Waals surface area (Å²) in [7, 11) is 0. The average molecular weight is 313 g/mol. The lowest BCUT2D eigenvalue weighted by atomic mass is 9.92. The van der Waals surface area contributed by atoms with Gasteiger partial charge in [-0.15, -0.1) is 12.4 Å². The van der Waals surface area contributed by atoms with Crippen molar-refractivity contribution in [3.63, 3.8) is 0 Å². The van der Waals surface area contributed by atoms with Crippen LogP contribution in [0, 0.1) is 5.92 Å². The Balaban J connectivity index is 0.00000200. The molecule has 1 aromatic rings. The van der Waals surface area contributed by atoms with Crippen molar-refractivity contribution in [2.24, 2.45) is 11.7 Å². The summed E-state index contributed by atoms with van der Waals surface area (Å²) in [6.07, 6.45) is -2.26. The van der Waals surface area contributed by atoms with Gasteiger partial charge in [0.15, 0.2) is 5.69 Å². The van der Waals surface area contributed by atoms with E-state index in [-0.39, 0.29) is 18.4 Å². The van der Waals surface area contributed by atoms with Crippen molar-refractivity contribution in [1.29, 1.82) is 0 Å². The van der Waals surface area contributed by atoms with E-state index in [0.717, 1.165) is 32.0 Å². The SMILES string of the molecule is CC(N)C1CCCN(Cc2cc(C(F)(F)F)n[nH]2)C1.Cl. The second-order valence-electron chi connectivity index (χ2n) is 5.27. The number of piperidine rings is 1. The summed E-state index contributed by atoms with van der Waals surface area (Å²) in [5.74, 6) is 0.416. The highest BCUT2D eigenvalue weighted by molar-refractivity contribution is 5.85. The quantitative estimate of drug-likeness (QED) is 0.901. The van der Waals surface area contributed by atoms with Crippen LogP contribution in [0.2, 0.25) is 0 Å². The van der Waals surface area contributed by atoms with Gasteiger partial charge in [0.1, 0.15) is 0 Å². The molecule has 0 aromatic carbocycles. The van der Waals surface area contributed by atoms with Crippen LogP contribution in [-0.2, 0) is 12.7 Å². The molecule has 0 saturated carbocycles. The van der Waals surface area contributed by atoms with Crippen LogP contribution in [0.15, 0.2) is 6.07 Å². The Bertz CT molecular complexity index is 419. The van der Waals surface area contributed by atoms with E-state index in [0.29, 0.717) is 18.2 Å². The van der Waals surface area contributed by atoms with Gasteiger partial charge in [-0.25, -0.2) is 0 Å². The number of rotatable bonds is 3. The molecule has 3 N–H and O–H groups in total. The molecule has 116 valence electrons. The van der Waals surface area contributed by atoms with E-state index in [1.807, 2.05) is 6.92 Å². The Kier molecular flexibility index (Phi) is 5.85. The largest absolute Gasteiger partial charge is 0.435 e. The number of hydrogen-bond donors (Lipinski definition) is 2. The van der Waals surface area contributed by atoms with E-state index < -0.39 is 11.9 Å². The maximum absolute atomic E-state index is 12.4. The van der Waals surface area contributed by atoms with E-state index >= 15 is 0 Å². The summed E-state index contributed by atoms with van der Waals surface area (Å²) in [5.41, 5.74) is 5.53. The average Bonchev–Trinajstić information content (AvgIpc) is 2.77. The minimum Gasteiger partial charge on any atom is -0.328 e. The van der Waals surface area contributed by atoms with Gasteiger partial charge in [-0.05, 0) is 38.3 Å². The lowest BCUT2D eigenvalue weighted by Gasteiger charge is -2.34. The molecule has 1 aliphatic rings. The normalized spacial score (nSPS) is 22.4. The van der Waals surface area contributed by atoms with E-state index in [4.69, 9.17) is 5.73 Å². The van der Waals surface area contributed by atoms with Gasteiger partial charge in [-0.2, -0.15) is 18.3 Å². The number of halogens is 4. The highest BCUT2D eigenvalue weighted by Gasteiger charge is 2.34. The zero-order valence-electron chi connectivity index (χ0n) is 11.3. The third-order valence-corrected chi connectivity index (χ3v) is 3.60. The molecule has 0 aliphatic carbocycles. The van der Waals surface area contributed by atoms with Crippen molar-refractivity contribution in [3.8, 4) is 0 Å². The molecule has 20 heavy (non-hydrogen) atoms. The number of H-pyrrole nitrogens is 1. The van der Waals surface area contributed by atoms with Crippen molar-refractivity contribution in [1.82, 2.24) is 15.1 Å². The van der Waals surface area contributed by atoms with Crippen LogP contribution in [0.25, 0.3) is 0 Å². The number of aromatic nitrogens is 2. The molecule has 1 aliphatic heterocycles. The van der Waals surface area contributed by atoms with Crippen molar-refractivity contribution < 1.29 is 13.2 Å². The molecular formula is C12H20ClF3N4. The Hall–Kier alpha value is -0.790. The monoisotopic (exact) mass is 312 g/mol. The Morgan fingerprint density at radius 3 is 2.80 bits per heavy atom. The van der Waals surface area contributed by atoms with Crippen molar-refractivity contribution in [2.75, 3.05) is 13.1 Å². The summed E-state index contributed by atoms with van der Waals surface area (Å²) in [6, 6.07) is 1.20. The molecule has 0 radical (unpaired) electrons. The topological polar surface area (TPSA) is 57.9 Å². The van der Waals surface area contributed by atoms with Crippen molar-refractivity contribution >= 4 is 12.4 Å². The van der Waals surface area contributed by atoms with Crippen LogP contribution >= 0.6 is 12.4 Å². The molecule has 1 saturated heterocycles. The van der Waals surface area contributed by atoms with Gasteiger partial charge in [0.25, 0.3) is 0 Å². The molecule has 0 bridgehead atoms. The van der Waals surface area contributed by atoms with Crippen molar-refractivity contribution in [3.05, 3.63) is 17.5 Å². The van der Waals surface area contributed by atoms with Gasteiger partial charge < -0.3 is 5.73 Å². The lowest BCUT2D eigenvalue weighted by Crippen LogP contribution is -2.41. The molecule has 1 fully saturated rings. The van der Waals surface area contributed by atoms with Crippen LogP contribution < -0.4 is 5.73 Å². The third kappa shape index (κ3) is 4.36. The first-order chi connectivity index (χ1) is 8.86. The zero-order valence-corrected chi connectivity index (χ0v) is 12.1. The molecule has 1 aromatic heterocycles. The summed E-state index contributed by atoms with van der Waals surface area (Å²) in [6.45, 7) is 4.17. The maximum atomic E-state index is 12.4. The molecule has 2 heterocycles. The number of hydrogen-bond acceptors (Lipinski definition) is 3. The van der Waals surface area contributed by atoms with Crippen molar-refractivity contribution in [2.45, 2.75) is 38.5 Å². The molecule has 4 nitrogen and oxygen atoms in total. The third-order valence-electron chi connectivity index (χ3n) is 3.60. The fraction of sp³-hybridized carbons (Fsp3) is 0.750. The Morgan fingerprint density at radius 2 is 2.25 bits per heavy atom. The Labute approximate surface area is 122 Å². The van der Waals surface area contributed by atoms with Gasteiger partial charge in [-0.3, -0.25) is 10.00 Å². The zero-order chi connectivity index (χ0) is 14.0. The van der Waals surface area contributed by atoms with Crippen LogP contribution in [0.5, 0.6) is 0 Å². The number of nitrogens with one attached hydrogen (secondary N) is 1. The minimum atomic E-state index is -4.38. The molecule has 0 amide bonds. The smallest absolute Gasteiger partial charge is 0.328 e. The first-order valence-electron chi connectivity index (χ1n) is 6.45. The van der Waals surface area contributed by atoms with Gasteiger partial charge in [0, 0.05) is 24.8 Å². The number of nitrogens with two attached hydrogens (primary N) is 1. The van der Waals surface area contributed by atoms with Crippen LogP contribution in [-0.4, -0.2) is 34.2 Å². The molecule has 2 rings (SSSR count). The second kappa shape index (κ2) is 6.78. The predicted octanol–water partition coefficient (Wildman–Crippen LogP) is 2.41. The molecular weight excluding hydrogens is 293 g/mol. The van der Waals surface area contributed by atoms with Crippen LogP contribution in [0.3, 0.4) is 0 Å².